The lowest BCUT2D eigenvalue weighted by Gasteiger charge is -2.11. The van der Waals surface area contributed by atoms with Gasteiger partial charge in [0.2, 0.25) is 5.91 Å². The Labute approximate surface area is 121 Å². The average molecular weight is 286 g/mol. The normalized spacial score (nSPS) is 13.8. The summed E-state index contributed by atoms with van der Waals surface area (Å²) in [6, 6.07) is 3.49. The Balaban J connectivity index is 2.46. The van der Waals surface area contributed by atoms with Gasteiger partial charge in [0.05, 0.1) is 12.5 Å². The first kappa shape index (κ1) is 14.5. The number of carboxylic acids is 1. The molecule has 108 valence electrons. The summed E-state index contributed by atoms with van der Waals surface area (Å²) in [5.41, 5.74) is 7.82. The molecule has 0 atom stereocenters. The van der Waals surface area contributed by atoms with Crippen molar-refractivity contribution in [1.29, 1.82) is 0 Å². The van der Waals surface area contributed by atoms with Gasteiger partial charge in [-0.15, -0.1) is 0 Å². The Morgan fingerprint density at radius 1 is 1.24 bits per heavy atom. The molecule has 0 fully saturated rings. The third kappa shape index (κ3) is 3.00. The highest BCUT2D eigenvalue weighted by atomic mass is 16.5. The number of nitrogens with two attached hydrogens (primary N) is 1. The highest BCUT2D eigenvalue weighted by Gasteiger charge is 2.14. The van der Waals surface area contributed by atoms with Gasteiger partial charge in [0.25, 0.3) is 0 Å². The molecule has 0 saturated heterocycles. The van der Waals surface area contributed by atoms with E-state index < -0.39 is 11.9 Å². The number of aliphatic imine (C=N–C) groups is 1. The first-order valence-corrected chi connectivity index (χ1v) is 6.16. The minimum Gasteiger partial charge on any atom is -0.477 e. The lowest BCUT2D eigenvalue weighted by atomic mass is 9.98. The van der Waals surface area contributed by atoms with Gasteiger partial charge in [0.15, 0.2) is 11.5 Å². The van der Waals surface area contributed by atoms with Crippen LogP contribution in [0.5, 0.6) is 0 Å². The van der Waals surface area contributed by atoms with Crippen molar-refractivity contribution in [3.05, 3.63) is 52.9 Å². The van der Waals surface area contributed by atoms with Crippen LogP contribution in [0.1, 0.15) is 27.0 Å². The lowest BCUT2D eigenvalue weighted by Crippen LogP contribution is -2.14. The summed E-state index contributed by atoms with van der Waals surface area (Å²) >= 11 is 0. The zero-order valence-corrected chi connectivity index (χ0v) is 11.6. The molecule has 1 amide bonds. The molecule has 2 rings (SSSR count). The van der Waals surface area contributed by atoms with Crippen LogP contribution in [0.15, 0.2) is 35.7 Å². The standard InChI is InChI=1S/C15H14N2O4/c1-8-5-10(6-9(2)13(8)14(16)18)12-7-17-11(15(19)20)3-4-21-12/h3-7H,1-2H3,(H2,16,18)(H,19,20). The van der Waals surface area contributed by atoms with Crippen molar-refractivity contribution in [3.8, 4) is 0 Å². The molecule has 6 heteroatoms. The predicted molar refractivity (Wildman–Crippen MR) is 77.7 cm³/mol. The van der Waals surface area contributed by atoms with Crippen LogP contribution in [0.4, 0.5) is 0 Å². The molecular formula is C15H14N2O4. The van der Waals surface area contributed by atoms with Gasteiger partial charge in [0, 0.05) is 17.2 Å². The number of carboxylic acid groups (broad SMARTS) is 1. The highest BCUT2D eigenvalue weighted by molar-refractivity contribution is 6.40. The summed E-state index contributed by atoms with van der Waals surface area (Å²) in [6.45, 7) is 3.55. The van der Waals surface area contributed by atoms with Crippen LogP contribution >= 0.6 is 0 Å². The topological polar surface area (TPSA) is 102 Å². The summed E-state index contributed by atoms with van der Waals surface area (Å²) in [5.74, 6) is -1.23. The van der Waals surface area contributed by atoms with E-state index in [1.165, 1.54) is 18.5 Å². The Morgan fingerprint density at radius 3 is 2.38 bits per heavy atom. The second-order valence-electron chi connectivity index (χ2n) is 4.58. The van der Waals surface area contributed by atoms with E-state index in [0.29, 0.717) is 16.9 Å². The van der Waals surface area contributed by atoms with Crippen molar-refractivity contribution in [2.75, 3.05) is 0 Å². The van der Waals surface area contributed by atoms with E-state index in [-0.39, 0.29) is 5.71 Å². The zero-order valence-electron chi connectivity index (χ0n) is 11.6. The van der Waals surface area contributed by atoms with Gasteiger partial charge in [0.1, 0.15) is 0 Å². The lowest BCUT2D eigenvalue weighted by molar-refractivity contribution is -0.129. The SMILES string of the molecule is Cc1cc(C2=CN=C(C(=O)O)C=CO2)cc(C)c1C(N)=O. The minimum absolute atomic E-state index is 0.118. The quantitative estimate of drug-likeness (QED) is 0.883. The molecule has 0 aromatic heterocycles. The van der Waals surface area contributed by atoms with Gasteiger partial charge < -0.3 is 15.6 Å². The first-order chi connectivity index (χ1) is 9.90. The van der Waals surface area contributed by atoms with E-state index in [1.54, 1.807) is 26.0 Å². The number of aryl methyl sites for hydroxylation is 2. The Bertz CT molecular complexity index is 691. The number of primary amides is 1. The molecule has 0 radical (unpaired) electrons. The van der Waals surface area contributed by atoms with Gasteiger partial charge >= 0.3 is 5.97 Å². The minimum atomic E-state index is -1.14. The van der Waals surface area contributed by atoms with E-state index in [2.05, 4.69) is 4.99 Å². The molecule has 21 heavy (non-hydrogen) atoms. The van der Waals surface area contributed by atoms with Gasteiger partial charge in [-0.1, -0.05) is 0 Å². The second kappa shape index (κ2) is 5.62. The second-order valence-corrected chi connectivity index (χ2v) is 4.58. The maximum absolute atomic E-state index is 11.4. The number of hydrogen-bond donors (Lipinski definition) is 2. The molecule has 1 aliphatic rings. The van der Waals surface area contributed by atoms with Crippen LogP contribution < -0.4 is 5.73 Å². The highest BCUT2D eigenvalue weighted by Crippen LogP contribution is 2.24. The molecule has 0 saturated carbocycles. The van der Waals surface area contributed by atoms with Gasteiger partial charge in [-0.05, 0) is 37.1 Å². The van der Waals surface area contributed by atoms with E-state index in [0.717, 1.165) is 11.1 Å². The van der Waals surface area contributed by atoms with Gasteiger partial charge in [-0.3, -0.25) is 4.79 Å². The molecule has 1 heterocycles. The molecule has 1 aliphatic heterocycles. The first-order valence-electron chi connectivity index (χ1n) is 6.16. The number of benzene rings is 1. The molecule has 0 bridgehead atoms. The molecule has 1 aromatic carbocycles. The van der Waals surface area contributed by atoms with Crippen LogP contribution in [-0.4, -0.2) is 22.7 Å². The van der Waals surface area contributed by atoms with Crippen molar-refractivity contribution < 1.29 is 19.4 Å². The third-order valence-electron chi connectivity index (χ3n) is 3.02. The third-order valence-corrected chi connectivity index (χ3v) is 3.02. The molecule has 0 unspecified atom stereocenters. The maximum Gasteiger partial charge on any atom is 0.354 e. The molecule has 6 nitrogen and oxygen atoms in total. The average Bonchev–Trinajstić information content (AvgIpc) is 2.62. The largest absolute Gasteiger partial charge is 0.477 e. The Kier molecular flexibility index (Phi) is 3.89. The fourth-order valence-electron chi connectivity index (χ4n) is 2.14. The molecule has 0 spiro atoms. The number of nitrogens with zero attached hydrogens (tertiary/aromatic N) is 1. The fraction of sp³-hybridized carbons (Fsp3) is 0.133. The van der Waals surface area contributed by atoms with Crippen molar-refractivity contribution >= 4 is 23.3 Å². The smallest absolute Gasteiger partial charge is 0.354 e. The number of rotatable bonds is 3. The number of aliphatic carboxylic acids is 1. The van der Waals surface area contributed by atoms with Crippen molar-refractivity contribution in [2.45, 2.75) is 13.8 Å². The van der Waals surface area contributed by atoms with Gasteiger partial charge in [-0.2, -0.15) is 0 Å². The van der Waals surface area contributed by atoms with Crippen molar-refractivity contribution in [3.63, 3.8) is 0 Å². The van der Waals surface area contributed by atoms with Crippen LogP contribution in [0, 0.1) is 13.8 Å². The van der Waals surface area contributed by atoms with E-state index in [9.17, 15) is 9.59 Å². The van der Waals surface area contributed by atoms with Crippen LogP contribution in [0.2, 0.25) is 0 Å². The zero-order chi connectivity index (χ0) is 15.6. The van der Waals surface area contributed by atoms with Crippen LogP contribution in [0.25, 0.3) is 5.76 Å². The van der Waals surface area contributed by atoms with E-state index in [1.807, 2.05) is 0 Å². The molecule has 1 aromatic rings. The molecule has 3 N–H and O–H groups in total. The summed E-state index contributed by atoms with van der Waals surface area (Å²) in [6.07, 6.45) is 3.86. The Morgan fingerprint density at radius 2 is 1.86 bits per heavy atom. The maximum atomic E-state index is 11.4. The van der Waals surface area contributed by atoms with E-state index in [4.69, 9.17) is 15.6 Å². The monoisotopic (exact) mass is 286 g/mol. The number of amides is 1. The number of carbonyl (C=O) groups excluding carboxylic acids is 1. The Hall–Kier alpha value is -2.89. The number of ether oxygens (including phenoxy) is 1. The molecular weight excluding hydrogens is 272 g/mol. The summed E-state index contributed by atoms with van der Waals surface area (Å²) < 4.78 is 5.37. The summed E-state index contributed by atoms with van der Waals surface area (Å²) in [4.78, 5) is 26.1. The summed E-state index contributed by atoms with van der Waals surface area (Å²) in [5, 5.41) is 8.89. The van der Waals surface area contributed by atoms with Crippen molar-refractivity contribution in [1.82, 2.24) is 0 Å². The van der Waals surface area contributed by atoms with Gasteiger partial charge in [-0.25, -0.2) is 9.79 Å². The number of hydrogen-bond acceptors (Lipinski definition) is 4. The fourth-order valence-corrected chi connectivity index (χ4v) is 2.14. The van der Waals surface area contributed by atoms with Crippen LogP contribution in [0.3, 0.4) is 0 Å². The van der Waals surface area contributed by atoms with Crippen molar-refractivity contribution in [2.24, 2.45) is 10.7 Å². The summed E-state index contributed by atoms with van der Waals surface area (Å²) in [7, 11) is 0. The van der Waals surface area contributed by atoms with E-state index >= 15 is 0 Å². The molecule has 0 aliphatic carbocycles. The van der Waals surface area contributed by atoms with Crippen LogP contribution in [-0.2, 0) is 9.53 Å². The predicted octanol–water partition coefficient (Wildman–Crippen LogP) is 1.77. The number of carbonyl (C=O) groups is 2.